The van der Waals surface area contributed by atoms with Crippen LogP contribution in [0.2, 0.25) is 0 Å². The maximum absolute atomic E-state index is 11.2. The molecule has 0 unspecified atom stereocenters. The van der Waals surface area contributed by atoms with Gasteiger partial charge in [0.25, 0.3) is 11.8 Å². The molecule has 0 atom stereocenters. The predicted octanol–water partition coefficient (Wildman–Crippen LogP) is 1.18. The summed E-state index contributed by atoms with van der Waals surface area (Å²) in [4.78, 5) is 49.2. The monoisotopic (exact) mass is 301 g/mol. The van der Waals surface area contributed by atoms with Gasteiger partial charge in [0.05, 0.1) is 19.1 Å². The van der Waals surface area contributed by atoms with Crippen molar-refractivity contribution in [2.24, 2.45) is 5.92 Å². The molecule has 0 N–H and O–H groups in total. The number of hydroxylamine groups is 2. The van der Waals surface area contributed by atoms with E-state index in [1.807, 2.05) is 0 Å². The highest BCUT2D eigenvalue weighted by atomic mass is 16.8. The van der Waals surface area contributed by atoms with Crippen LogP contribution in [0.15, 0.2) is 0 Å². The molecule has 1 heterocycles. The number of carbonyl (C=O) groups excluding carboxylic acids is 4. The molecule has 2 amide bonds. The van der Waals surface area contributed by atoms with Gasteiger partial charge in [0.15, 0.2) is 0 Å². The van der Waals surface area contributed by atoms with Crippen molar-refractivity contribution in [1.82, 2.24) is 5.06 Å². The first kappa shape index (κ1) is 16.9. The molecule has 8 nitrogen and oxygen atoms in total. The zero-order chi connectivity index (χ0) is 15.8. The van der Waals surface area contributed by atoms with Gasteiger partial charge >= 0.3 is 12.1 Å². The van der Waals surface area contributed by atoms with E-state index in [1.54, 1.807) is 13.8 Å². The van der Waals surface area contributed by atoms with Crippen molar-refractivity contribution in [3.05, 3.63) is 0 Å². The maximum atomic E-state index is 11.2. The summed E-state index contributed by atoms with van der Waals surface area (Å²) in [5.41, 5.74) is 0. The number of unbranched alkanes of at least 4 members (excludes halogenated alkanes) is 1. The van der Waals surface area contributed by atoms with Crippen molar-refractivity contribution in [2.75, 3.05) is 13.2 Å². The molecule has 1 saturated heterocycles. The molecule has 0 bridgehead atoms. The lowest BCUT2D eigenvalue weighted by Gasteiger charge is -2.12. The van der Waals surface area contributed by atoms with Gasteiger partial charge in [-0.05, 0) is 12.8 Å². The van der Waals surface area contributed by atoms with Crippen molar-refractivity contribution in [1.29, 1.82) is 0 Å². The highest BCUT2D eigenvalue weighted by molar-refractivity contribution is 6.01. The first-order valence-electron chi connectivity index (χ1n) is 6.79. The Morgan fingerprint density at radius 3 is 2.10 bits per heavy atom. The number of carbonyl (C=O) groups is 4. The minimum atomic E-state index is -1.10. The number of imide groups is 1. The fraction of sp³-hybridized carbons (Fsp3) is 0.692. The van der Waals surface area contributed by atoms with Gasteiger partial charge in [-0.25, -0.2) is 4.79 Å². The molecular weight excluding hydrogens is 282 g/mol. The van der Waals surface area contributed by atoms with Crippen molar-refractivity contribution >= 4 is 23.9 Å². The minimum absolute atomic E-state index is 0.0351. The topological polar surface area (TPSA) is 99.2 Å². The molecule has 0 aromatic heterocycles. The molecule has 1 aliphatic heterocycles. The molecule has 8 heteroatoms. The average Bonchev–Trinajstić information content (AvgIpc) is 2.74. The predicted molar refractivity (Wildman–Crippen MR) is 68.6 cm³/mol. The van der Waals surface area contributed by atoms with Crippen LogP contribution < -0.4 is 0 Å². The molecule has 1 aliphatic rings. The number of amides is 2. The summed E-state index contributed by atoms with van der Waals surface area (Å²) in [6.07, 6.45) is -0.0196. The van der Waals surface area contributed by atoms with Gasteiger partial charge in [0.1, 0.15) is 0 Å². The van der Waals surface area contributed by atoms with E-state index in [1.165, 1.54) is 0 Å². The van der Waals surface area contributed by atoms with E-state index in [4.69, 9.17) is 9.47 Å². The number of rotatable bonds is 7. The average molecular weight is 301 g/mol. The van der Waals surface area contributed by atoms with Crippen molar-refractivity contribution in [3.63, 3.8) is 0 Å². The van der Waals surface area contributed by atoms with Gasteiger partial charge in [-0.2, -0.15) is 0 Å². The van der Waals surface area contributed by atoms with Crippen LogP contribution in [0.5, 0.6) is 0 Å². The Bertz CT molecular complexity index is 403. The second-order valence-electron chi connectivity index (χ2n) is 4.80. The lowest BCUT2D eigenvalue weighted by Crippen LogP contribution is -2.32. The van der Waals surface area contributed by atoms with E-state index >= 15 is 0 Å². The standard InChI is InChI=1S/C13H19NO7/c1-9(2)12(17)19-7-3-4-8-20-13(18)21-14-10(15)5-6-11(14)16/h9H,3-8H2,1-2H3. The molecule has 0 saturated carbocycles. The number of ether oxygens (including phenoxy) is 2. The van der Waals surface area contributed by atoms with E-state index in [0.29, 0.717) is 17.9 Å². The van der Waals surface area contributed by atoms with Gasteiger partial charge in [-0.3, -0.25) is 19.2 Å². The first-order valence-corrected chi connectivity index (χ1v) is 6.79. The molecule has 21 heavy (non-hydrogen) atoms. The summed E-state index contributed by atoms with van der Waals surface area (Å²) < 4.78 is 9.65. The highest BCUT2D eigenvalue weighted by Gasteiger charge is 2.33. The quantitative estimate of drug-likeness (QED) is 0.395. The molecule has 0 radical (unpaired) electrons. The van der Waals surface area contributed by atoms with Crippen LogP contribution in [0, 0.1) is 5.92 Å². The number of hydrogen-bond acceptors (Lipinski definition) is 7. The summed E-state index contributed by atoms with van der Waals surface area (Å²) >= 11 is 0. The Morgan fingerprint density at radius 1 is 1.05 bits per heavy atom. The van der Waals surface area contributed by atoms with Gasteiger partial charge < -0.3 is 9.47 Å². The number of nitrogens with zero attached hydrogens (tertiary/aromatic N) is 1. The number of esters is 1. The lowest BCUT2D eigenvalue weighted by atomic mass is 10.2. The Morgan fingerprint density at radius 2 is 1.57 bits per heavy atom. The van der Waals surface area contributed by atoms with Crippen LogP contribution in [0.4, 0.5) is 4.79 Å². The summed E-state index contributed by atoms with van der Waals surface area (Å²) in [5, 5.41) is 0.423. The Labute approximate surface area is 122 Å². The number of hydrogen-bond donors (Lipinski definition) is 0. The molecule has 1 fully saturated rings. The third kappa shape index (κ3) is 5.80. The van der Waals surface area contributed by atoms with E-state index in [2.05, 4.69) is 4.84 Å². The summed E-state index contributed by atoms with van der Waals surface area (Å²) in [6, 6.07) is 0. The van der Waals surface area contributed by atoms with Gasteiger partial charge in [-0.15, -0.1) is 0 Å². The lowest BCUT2D eigenvalue weighted by molar-refractivity contribution is -0.177. The third-order valence-electron chi connectivity index (χ3n) is 2.65. The SMILES string of the molecule is CC(C)C(=O)OCCCCOC(=O)ON1C(=O)CCC1=O. The normalized spacial score (nSPS) is 14.5. The fourth-order valence-electron chi connectivity index (χ4n) is 1.46. The van der Waals surface area contributed by atoms with Crippen LogP contribution in [0.3, 0.4) is 0 Å². The van der Waals surface area contributed by atoms with Crippen LogP contribution in [0.25, 0.3) is 0 Å². The second kappa shape index (κ2) is 8.23. The Hall–Kier alpha value is -2.12. The van der Waals surface area contributed by atoms with Gasteiger partial charge in [0, 0.05) is 12.8 Å². The first-order chi connectivity index (χ1) is 9.91. The molecule has 0 aliphatic carbocycles. The summed E-state index contributed by atoms with van der Waals surface area (Å²) in [5.74, 6) is -1.57. The van der Waals surface area contributed by atoms with E-state index in [9.17, 15) is 19.2 Å². The highest BCUT2D eigenvalue weighted by Crippen LogP contribution is 2.12. The fourth-order valence-corrected chi connectivity index (χ4v) is 1.46. The zero-order valence-electron chi connectivity index (χ0n) is 12.1. The summed E-state index contributed by atoms with van der Waals surface area (Å²) in [7, 11) is 0. The zero-order valence-corrected chi connectivity index (χ0v) is 12.1. The van der Waals surface area contributed by atoms with Gasteiger partial charge in [-0.1, -0.05) is 18.9 Å². The van der Waals surface area contributed by atoms with Crippen LogP contribution in [-0.4, -0.2) is 42.2 Å². The van der Waals surface area contributed by atoms with E-state index in [-0.39, 0.29) is 37.9 Å². The molecule has 0 aromatic carbocycles. The largest absolute Gasteiger partial charge is 0.533 e. The van der Waals surface area contributed by atoms with Crippen molar-refractivity contribution < 1.29 is 33.5 Å². The van der Waals surface area contributed by atoms with Gasteiger partial charge in [0.2, 0.25) is 0 Å². The molecule has 1 rings (SSSR count). The second-order valence-corrected chi connectivity index (χ2v) is 4.80. The Balaban J connectivity index is 2.07. The Kier molecular flexibility index (Phi) is 6.64. The smallest absolute Gasteiger partial charge is 0.465 e. The molecule has 0 spiro atoms. The van der Waals surface area contributed by atoms with E-state index < -0.39 is 18.0 Å². The van der Waals surface area contributed by atoms with Crippen LogP contribution >= 0.6 is 0 Å². The summed E-state index contributed by atoms with van der Waals surface area (Å²) in [6.45, 7) is 3.78. The molecular formula is C13H19NO7. The third-order valence-corrected chi connectivity index (χ3v) is 2.65. The van der Waals surface area contributed by atoms with Crippen LogP contribution in [0.1, 0.15) is 39.5 Å². The van der Waals surface area contributed by atoms with Crippen molar-refractivity contribution in [2.45, 2.75) is 39.5 Å². The maximum Gasteiger partial charge on any atom is 0.533 e. The molecule has 0 aromatic rings. The van der Waals surface area contributed by atoms with Crippen molar-refractivity contribution in [3.8, 4) is 0 Å². The van der Waals surface area contributed by atoms with Crippen LogP contribution in [-0.2, 0) is 28.7 Å². The van der Waals surface area contributed by atoms with E-state index in [0.717, 1.165) is 0 Å². The molecule has 118 valence electrons. The minimum Gasteiger partial charge on any atom is -0.465 e.